The molecule has 0 aliphatic carbocycles. The summed E-state index contributed by atoms with van der Waals surface area (Å²) in [7, 11) is 0. The Morgan fingerprint density at radius 1 is 1.37 bits per heavy atom. The van der Waals surface area contributed by atoms with Gasteiger partial charge >= 0.3 is 5.97 Å². The summed E-state index contributed by atoms with van der Waals surface area (Å²) >= 11 is 0. The zero-order valence-electron chi connectivity index (χ0n) is 9.99. The van der Waals surface area contributed by atoms with Crippen LogP contribution in [0.5, 0.6) is 0 Å². The van der Waals surface area contributed by atoms with Crippen molar-refractivity contribution in [3.05, 3.63) is 41.7 Å². The third-order valence-corrected chi connectivity index (χ3v) is 2.43. The molecule has 19 heavy (non-hydrogen) atoms. The molecular weight excluding hydrogens is 250 g/mol. The van der Waals surface area contributed by atoms with E-state index in [1.807, 2.05) is 0 Å². The first-order valence-corrected chi connectivity index (χ1v) is 5.43. The molecule has 2 aromatic rings. The van der Waals surface area contributed by atoms with Crippen molar-refractivity contribution in [3.63, 3.8) is 0 Å². The fraction of sp³-hybridized carbons (Fsp3) is 0.182. The number of H-pyrrole nitrogens is 1. The van der Waals surface area contributed by atoms with Gasteiger partial charge in [-0.1, -0.05) is 0 Å². The minimum Gasteiger partial charge on any atom is -0.478 e. The minimum atomic E-state index is -1.09. The van der Waals surface area contributed by atoms with Gasteiger partial charge in [0, 0.05) is 6.20 Å². The molecule has 0 fully saturated rings. The van der Waals surface area contributed by atoms with Crippen molar-refractivity contribution < 1.29 is 14.7 Å². The Morgan fingerprint density at radius 3 is 2.68 bits per heavy atom. The van der Waals surface area contributed by atoms with Gasteiger partial charge in [0.25, 0.3) is 5.91 Å². The molecule has 0 saturated heterocycles. The maximum absolute atomic E-state index is 11.8. The number of hydrogen-bond acceptors (Lipinski definition) is 5. The molecule has 0 saturated carbocycles. The molecule has 0 spiro atoms. The Bertz CT molecular complexity index is 579. The van der Waals surface area contributed by atoms with E-state index in [0.29, 0.717) is 5.82 Å². The van der Waals surface area contributed by atoms with Crippen LogP contribution in [0.15, 0.2) is 24.7 Å². The molecular formula is C11H11N5O3. The summed E-state index contributed by atoms with van der Waals surface area (Å²) in [6, 6.07) is 2.32. The number of carbonyl (C=O) groups is 2. The minimum absolute atomic E-state index is 0.0276. The second-order valence-electron chi connectivity index (χ2n) is 3.80. The van der Waals surface area contributed by atoms with Gasteiger partial charge in [-0.25, -0.2) is 9.78 Å². The zero-order chi connectivity index (χ0) is 13.8. The van der Waals surface area contributed by atoms with Crippen LogP contribution in [0.25, 0.3) is 0 Å². The number of aromatic amines is 1. The number of rotatable bonds is 4. The fourth-order valence-electron chi connectivity index (χ4n) is 1.42. The molecule has 0 aromatic carbocycles. The van der Waals surface area contributed by atoms with Crippen LogP contribution in [-0.2, 0) is 0 Å². The summed E-state index contributed by atoms with van der Waals surface area (Å²) in [5, 5.41) is 17.7. The van der Waals surface area contributed by atoms with Crippen LogP contribution in [0, 0.1) is 0 Å². The van der Waals surface area contributed by atoms with Crippen molar-refractivity contribution >= 4 is 11.9 Å². The van der Waals surface area contributed by atoms with E-state index >= 15 is 0 Å². The molecule has 2 rings (SSSR count). The lowest BCUT2D eigenvalue weighted by molar-refractivity contribution is 0.0695. The number of amides is 1. The number of carbonyl (C=O) groups excluding carboxylic acids is 1. The van der Waals surface area contributed by atoms with E-state index in [1.165, 1.54) is 18.5 Å². The maximum atomic E-state index is 11.8. The maximum Gasteiger partial charge on any atom is 0.337 e. The molecule has 98 valence electrons. The van der Waals surface area contributed by atoms with Crippen molar-refractivity contribution in [2.45, 2.75) is 13.0 Å². The molecule has 8 heteroatoms. The first kappa shape index (κ1) is 12.7. The van der Waals surface area contributed by atoms with Crippen molar-refractivity contribution in [2.75, 3.05) is 0 Å². The van der Waals surface area contributed by atoms with Gasteiger partial charge < -0.3 is 10.4 Å². The molecule has 1 amide bonds. The fourth-order valence-corrected chi connectivity index (χ4v) is 1.42. The standard InChI is InChI=1S/C11H11N5O3/c1-6(9-13-5-14-16-9)15-10(17)8-3-2-7(4-12-8)11(18)19/h2-6H,1H3,(H,15,17)(H,18,19)(H,13,14,16). The number of pyridine rings is 1. The Balaban J connectivity index is 2.05. The predicted molar refractivity (Wildman–Crippen MR) is 63.5 cm³/mol. The van der Waals surface area contributed by atoms with Gasteiger partial charge in [-0.3, -0.25) is 14.9 Å². The summed E-state index contributed by atoms with van der Waals surface area (Å²) in [6.45, 7) is 1.74. The Kier molecular flexibility index (Phi) is 3.51. The molecule has 0 bridgehead atoms. The molecule has 2 heterocycles. The molecule has 0 radical (unpaired) electrons. The predicted octanol–water partition coefficient (Wildman–Crippen LogP) is 0.389. The number of carboxylic acids is 1. The molecule has 3 N–H and O–H groups in total. The van der Waals surface area contributed by atoms with Crippen LogP contribution >= 0.6 is 0 Å². The third-order valence-electron chi connectivity index (χ3n) is 2.43. The Labute approximate surface area is 107 Å². The van der Waals surface area contributed by atoms with Gasteiger partial charge in [-0.05, 0) is 19.1 Å². The molecule has 0 aliphatic heterocycles. The summed E-state index contributed by atoms with van der Waals surface area (Å²) in [6.07, 6.45) is 2.48. The van der Waals surface area contributed by atoms with Gasteiger partial charge in [-0.15, -0.1) is 0 Å². The first-order chi connectivity index (χ1) is 9.08. The summed E-state index contributed by atoms with van der Waals surface area (Å²) in [5.74, 6) is -0.981. The molecule has 1 atom stereocenters. The lowest BCUT2D eigenvalue weighted by Crippen LogP contribution is -2.28. The summed E-state index contributed by atoms with van der Waals surface area (Å²) in [4.78, 5) is 30.2. The van der Waals surface area contributed by atoms with Crippen molar-refractivity contribution in [1.82, 2.24) is 25.5 Å². The highest BCUT2D eigenvalue weighted by atomic mass is 16.4. The second kappa shape index (κ2) is 5.25. The SMILES string of the molecule is CC(NC(=O)c1ccc(C(=O)O)cn1)c1ncn[nH]1. The number of aromatic nitrogens is 4. The van der Waals surface area contributed by atoms with E-state index in [9.17, 15) is 9.59 Å². The van der Waals surface area contributed by atoms with Crippen molar-refractivity contribution in [2.24, 2.45) is 0 Å². The van der Waals surface area contributed by atoms with E-state index in [1.54, 1.807) is 6.92 Å². The topological polar surface area (TPSA) is 121 Å². The number of nitrogens with zero attached hydrogens (tertiary/aromatic N) is 3. The molecule has 2 aromatic heterocycles. The van der Waals surface area contributed by atoms with Crippen LogP contribution in [0.2, 0.25) is 0 Å². The van der Waals surface area contributed by atoms with E-state index in [4.69, 9.17) is 5.11 Å². The Hall–Kier alpha value is -2.77. The second-order valence-corrected chi connectivity index (χ2v) is 3.80. The van der Waals surface area contributed by atoms with Crippen LogP contribution in [0.4, 0.5) is 0 Å². The lowest BCUT2D eigenvalue weighted by atomic mass is 10.2. The highest BCUT2D eigenvalue weighted by molar-refractivity contribution is 5.93. The average molecular weight is 261 g/mol. The van der Waals surface area contributed by atoms with Crippen LogP contribution in [-0.4, -0.2) is 37.1 Å². The zero-order valence-corrected chi connectivity index (χ0v) is 9.99. The van der Waals surface area contributed by atoms with Crippen LogP contribution in [0.3, 0.4) is 0 Å². The Morgan fingerprint density at radius 2 is 2.16 bits per heavy atom. The van der Waals surface area contributed by atoms with Crippen LogP contribution in [0.1, 0.15) is 39.6 Å². The number of hydrogen-bond donors (Lipinski definition) is 3. The van der Waals surface area contributed by atoms with Crippen molar-refractivity contribution in [3.8, 4) is 0 Å². The molecule has 8 nitrogen and oxygen atoms in total. The van der Waals surface area contributed by atoms with Gasteiger partial charge in [0.1, 0.15) is 17.8 Å². The molecule has 0 aliphatic rings. The normalized spacial score (nSPS) is 11.8. The lowest BCUT2D eigenvalue weighted by Gasteiger charge is -2.10. The number of aromatic carboxylic acids is 1. The quantitative estimate of drug-likeness (QED) is 0.732. The number of carboxylic acid groups (broad SMARTS) is 1. The summed E-state index contributed by atoms with van der Waals surface area (Å²) in [5.41, 5.74) is 0.163. The highest BCUT2D eigenvalue weighted by Gasteiger charge is 2.14. The largest absolute Gasteiger partial charge is 0.478 e. The molecule has 1 unspecified atom stereocenters. The van der Waals surface area contributed by atoms with E-state index in [0.717, 1.165) is 6.20 Å². The average Bonchev–Trinajstić information content (AvgIpc) is 2.92. The van der Waals surface area contributed by atoms with Gasteiger partial charge in [0.15, 0.2) is 0 Å². The third kappa shape index (κ3) is 2.92. The summed E-state index contributed by atoms with van der Waals surface area (Å²) < 4.78 is 0. The van der Waals surface area contributed by atoms with Crippen LogP contribution < -0.4 is 5.32 Å². The first-order valence-electron chi connectivity index (χ1n) is 5.43. The monoisotopic (exact) mass is 261 g/mol. The van der Waals surface area contributed by atoms with Crippen molar-refractivity contribution in [1.29, 1.82) is 0 Å². The van der Waals surface area contributed by atoms with E-state index < -0.39 is 11.9 Å². The van der Waals surface area contributed by atoms with Gasteiger partial charge in [0.05, 0.1) is 11.6 Å². The van der Waals surface area contributed by atoms with E-state index in [-0.39, 0.29) is 17.3 Å². The highest BCUT2D eigenvalue weighted by Crippen LogP contribution is 2.06. The van der Waals surface area contributed by atoms with Gasteiger partial charge in [0.2, 0.25) is 0 Å². The smallest absolute Gasteiger partial charge is 0.337 e. The number of nitrogens with one attached hydrogen (secondary N) is 2. The van der Waals surface area contributed by atoms with E-state index in [2.05, 4.69) is 25.5 Å². The van der Waals surface area contributed by atoms with Gasteiger partial charge in [-0.2, -0.15) is 5.10 Å².